The lowest BCUT2D eigenvalue weighted by Crippen LogP contribution is -2.58. The normalized spacial score (nSPS) is 17.9. The van der Waals surface area contributed by atoms with Crippen molar-refractivity contribution in [3.8, 4) is 0 Å². The molecule has 1 atom stereocenters. The molecule has 2 amide bonds. The van der Waals surface area contributed by atoms with E-state index in [1.165, 1.54) is 11.1 Å². The zero-order valence-corrected chi connectivity index (χ0v) is 15.7. The van der Waals surface area contributed by atoms with Crippen LogP contribution in [0.1, 0.15) is 5.56 Å². The fourth-order valence-electron chi connectivity index (χ4n) is 2.37. The van der Waals surface area contributed by atoms with Crippen LogP contribution >= 0.6 is 28.1 Å². The maximum absolute atomic E-state index is 12.8. The number of para-hydroxylation sites is 1. The Hall–Kier alpha value is -2.38. The van der Waals surface area contributed by atoms with Crippen LogP contribution in [0, 0.1) is 12.8 Å². The van der Waals surface area contributed by atoms with Gasteiger partial charge >= 0.3 is 0 Å². The van der Waals surface area contributed by atoms with Crippen molar-refractivity contribution >= 4 is 62.7 Å². The third-order valence-electron chi connectivity index (χ3n) is 3.71. The number of nitrogens with one attached hydrogen (secondary N) is 1. The predicted octanol–water partition coefficient (Wildman–Crippen LogP) is 3.52. The molecule has 0 radical (unpaired) electrons. The first-order valence-corrected chi connectivity index (χ1v) is 8.71. The fourth-order valence-corrected chi connectivity index (χ4v) is 3.05. The van der Waals surface area contributed by atoms with Crippen LogP contribution < -0.4 is 10.2 Å². The number of hydrogen-bond acceptors (Lipinski definition) is 4. The molecule has 0 saturated carbocycles. The number of hydrogen-bond donors (Lipinski definition) is 1. The van der Waals surface area contributed by atoms with E-state index in [1.807, 2.05) is 37.3 Å². The van der Waals surface area contributed by atoms with Crippen molar-refractivity contribution in [3.05, 3.63) is 58.6 Å². The highest BCUT2D eigenvalue weighted by atomic mass is 79.9. The zero-order chi connectivity index (χ0) is 18.0. The SMILES string of the molecule is Cc1ccc(N2C(=O)[C@@H](C=Nc3ccccc3Br)C(=O)NC2=S)cc1. The van der Waals surface area contributed by atoms with Gasteiger partial charge in [-0.05, 0) is 59.3 Å². The molecule has 0 unspecified atom stereocenters. The molecular formula is C18H14BrN3O2S. The fraction of sp³-hybridized carbons (Fsp3) is 0.111. The van der Waals surface area contributed by atoms with E-state index >= 15 is 0 Å². The van der Waals surface area contributed by atoms with Crippen LogP contribution in [0.3, 0.4) is 0 Å². The van der Waals surface area contributed by atoms with Gasteiger partial charge in [0.2, 0.25) is 5.91 Å². The molecule has 5 nitrogen and oxygen atoms in total. The number of carbonyl (C=O) groups is 2. The standard InChI is InChI=1S/C18H14BrN3O2S/c1-11-6-8-12(9-7-11)22-17(24)13(16(23)21-18(22)25)10-20-15-5-3-2-4-14(15)19/h2-10,13H,1H3,(H,21,23,25)/t13-/m0/s1. The van der Waals surface area contributed by atoms with E-state index in [1.54, 1.807) is 18.2 Å². The molecule has 1 N–H and O–H groups in total. The quantitative estimate of drug-likeness (QED) is 0.473. The van der Waals surface area contributed by atoms with Gasteiger partial charge in [-0.15, -0.1) is 0 Å². The highest BCUT2D eigenvalue weighted by molar-refractivity contribution is 9.10. The van der Waals surface area contributed by atoms with Crippen LogP contribution in [0.5, 0.6) is 0 Å². The predicted molar refractivity (Wildman–Crippen MR) is 105 cm³/mol. The van der Waals surface area contributed by atoms with Crippen LogP contribution in [0.25, 0.3) is 0 Å². The number of benzene rings is 2. The van der Waals surface area contributed by atoms with Crippen molar-refractivity contribution in [2.45, 2.75) is 6.92 Å². The second-order valence-electron chi connectivity index (χ2n) is 5.51. The number of aryl methyl sites for hydroxylation is 1. The molecule has 1 aliphatic rings. The van der Waals surface area contributed by atoms with Crippen molar-refractivity contribution in [2.75, 3.05) is 4.90 Å². The Kier molecular flexibility index (Phi) is 5.06. The molecule has 0 spiro atoms. The Morgan fingerprint density at radius 3 is 2.52 bits per heavy atom. The molecule has 2 aromatic rings. The molecule has 0 bridgehead atoms. The van der Waals surface area contributed by atoms with Gasteiger partial charge in [0, 0.05) is 10.7 Å². The van der Waals surface area contributed by atoms with Crippen molar-refractivity contribution in [1.29, 1.82) is 0 Å². The monoisotopic (exact) mass is 415 g/mol. The number of nitrogens with zero attached hydrogens (tertiary/aromatic N) is 2. The van der Waals surface area contributed by atoms with Gasteiger partial charge in [0.05, 0.1) is 11.4 Å². The summed E-state index contributed by atoms with van der Waals surface area (Å²) in [5, 5.41) is 2.64. The van der Waals surface area contributed by atoms with Crippen LogP contribution in [0.2, 0.25) is 0 Å². The first-order chi connectivity index (χ1) is 12.0. The Labute approximate surface area is 158 Å². The minimum Gasteiger partial charge on any atom is -0.301 e. The van der Waals surface area contributed by atoms with Gasteiger partial charge < -0.3 is 5.32 Å². The molecule has 1 aliphatic heterocycles. The Morgan fingerprint density at radius 1 is 1.16 bits per heavy atom. The minimum absolute atomic E-state index is 0.0735. The molecule has 1 fully saturated rings. The van der Waals surface area contributed by atoms with Gasteiger partial charge in [-0.2, -0.15) is 0 Å². The van der Waals surface area contributed by atoms with E-state index < -0.39 is 17.7 Å². The van der Waals surface area contributed by atoms with E-state index in [0.29, 0.717) is 11.4 Å². The van der Waals surface area contributed by atoms with Gasteiger partial charge in [0.1, 0.15) is 0 Å². The summed E-state index contributed by atoms with van der Waals surface area (Å²) in [7, 11) is 0. The van der Waals surface area contributed by atoms with Crippen molar-refractivity contribution in [3.63, 3.8) is 0 Å². The van der Waals surface area contributed by atoms with Crippen LogP contribution in [0.15, 0.2) is 58.0 Å². The second kappa shape index (κ2) is 7.25. The molecule has 1 saturated heterocycles. The van der Waals surface area contributed by atoms with Crippen LogP contribution in [-0.2, 0) is 9.59 Å². The summed E-state index contributed by atoms with van der Waals surface area (Å²) in [5.74, 6) is -1.94. The summed E-state index contributed by atoms with van der Waals surface area (Å²) in [6.07, 6.45) is 1.35. The molecule has 2 aromatic carbocycles. The van der Waals surface area contributed by atoms with E-state index in [9.17, 15) is 9.59 Å². The van der Waals surface area contributed by atoms with Crippen molar-refractivity contribution in [2.24, 2.45) is 10.9 Å². The molecule has 3 rings (SSSR count). The average Bonchev–Trinajstić information content (AvgIpc) is 2.57. The van der Waals surface area contributed by atoms with Gasteiger partial charge in [-0.3, -0.25) is 19.5 Å². The number of thiocarbonyl (C=S) groups is 1. The van der Waals surface area contributed by atoms with Crippen molar-refractivity contribution < 1.29 is 9.59 Å². The van der Waals surface area contributed by atoms with Gasteiger partial charge in [-0.1, -0.05) is 29.8 Å². The number of rotatable bonds is 3. The lowest BCUT2D eigenvalue weighted by Gasteiger charge is -2.30. The average molecular weight is 416 g/mol. The lowest BCUT2D eigenvalue weighted by molar-refractivity contribution is -0.130. The van der Waals surface area contributed by atoms with Gasteiger partial charge in [0.25, 0.3) is 5.91 Å². The molecular weight excluding hydrogens is 402 g/mol. The molecule has 0 aliphatic carbocycles. The van der Waals surface area contributed by atoms with E-state index in [-0.39, 0.29) is 5.11 Å². The van der Waals surface area contributed by atoms with Crippen LogP contribution in [0.4, 0.5) is 11.4 Å². The van der Waals surface area contributed by atoms with E-state index in [0.717, 1.165) is 10.0 Å². The number of anilines is 1. The summed E-state index contributed by atoms with van der Waals surface area (Å²) in [4.78, 5) is 30.6. The largest absolute Gasteiger partial charge is 0.301 e. The zero-order valence-electron chi connectivity index (χ0n) is 13.3. The maximum atomic E-state index is 12.8. The number of halogens is 1. The smallest absolute Gasteiger partial charge is 0.251 e. The highest BCUT2D eigenvalue weighted by Gasteiger charge is 2.38. The molecule has 0 aromatic heterocycles. The van der Waals surface area contributed by atoms with E-state index in [4.69, 9.17) is 12.2 Å². The molecule has 126 valence electrons. The van der Waals surface area contributed by atoms with Crippen LogP contribution in [-0.4, -0.2) is 23.1 Å². The Balaban J connectivity index is 1.90. The lowest BCUT2D eigenvalue weighted by atomic mass is 10.1. The van der Waals surface area contributed by atoms with Gasteiger partial charge in [0.15, 0.2) is 11.0 Å². The third kappa shape index (κ3) is 3.67. The first-order valence-electron chi connectivity index (χ1n) is 7.51. The third-order valence-corrected chi connectivity index (χ3v) is 4.66. The summed E-state index contributed by atoms with van der Waals surface area (Å²) >= 11 is 8.55. The summed E-state index contributed by atoms with van der Waals surface area (Å²) < 4.78 is 0.779. The summed E-state index contributed by atoms with van der Waals surface area (Å²) in [6, 6.07) is 14.7. The van der Waals surface area contributed by atoms with Crippen molar-refractivity contribution in [1.82, 2.24) is 5.32 Å². The van der Waals surface area contributed by atoms with Gasteiger partial charge in [-0.25, -0.2) is 0 Å². The summed E-state index contributed by atoms with van der Waals surface area (Å²) in [5.41, 5.74) is 2.31. The minimum atomic E-state index is -1.04. The number of amides is 2. The topological polar surface area (TPSA) is 61.8 Å². The Bertz CT molecular complexity index is 880. The molecule has 25 heavy (non-hydrogen) atoms. The number of aliphatic imine (C=N–C) groups is 1. The highest BCUT2D eigenvalue weighted by Crippen LogP contribution is 2.25. The maximum Gasteiger partial charge on any atom is 0.251 e. The molecule has 1 heterocycles. The first kappa shape index (κ1) is 17.4. The molecule has 7 heteroatoms. The second-order valence-corrected chi connectivity index (χ2v) is 6.75. The van der Waals surface area contributed by atoms with E-state index in [2.05, 4.69) is 26.2 Å². The summed E-state index contributed by atoms with van der Waals surface area (Å²) in [6.45, 7) is 1.95. The number of carbonyl (C=O) groups excluding carboxylic acids is 2. The Morgan fingerprint density at radius 2 is 1.84 bits per heavy atom.